The number of rotatable bonds is 6. The molecule has 1 atom stereocenters. The van der Waals surface area contributed by atoms with Crippen molar-refractivity contribution in [3.05, 3.63) is 76.1 Å². The number of benzene rings is 1. The predicted octanol–water partition coefficient (Wildman–Crippen LogP) is 4.78. The van der Waals surface area contributed by atoms with Gasteiger partial charge in [0.2, 0.25) is 11.0 Å². The van der Waals surface area contributed by atoms with Crippen LogP contribution in [0.5, 0.6) is 0 Å². The number of anilines is 2. The summed E-state index contributed by atoms with van der Waals surface area (Å²) in [6.07, 6.45) is 1.68. The van der Waals surface area contributed by atoms with Gasteiger partial charge in [-0.2, -0.15) is 5.26 Å². The van der Waals surface area contributed by atoms with E-state index in [1.54, 1.807) is 11.0 Å². The summed E-state index contributed by atoms with van der Waals surface area (Å²) in [4.78, 5) is 27.3. The molecule has 2 aromatic heterocycles. The fraction of sp³-hybridized carbons (Fsp3) is 0.269. The van der Waals surface area contributed by atoms with E-state index < -0.39 is 5.92 Å². The molecule has 0 radical (unpaired) electrons. The van der Waals surface area contributed by atoms with Gasteiger partial charge in [0.1, 0.15) is 17.3 Å². The Morgan fingerprint density at radius 3 is 2.81 bits per heavy atom. The Morgan fingerprint density at radius 2 is 2.08 bits per heavy atom. The van der Waals surface area contributed by atoms with Gasteiger partial charge in [0.15, 0.2) is 10.1 Å². The summed E-state index contributed by atoms with van der Waals surface area (Å²) >= 11 is 2.52. The highest BCUT2D eigenvalue weighted by Crippen LogP contribution is 2.47. The number of nitrogens with two attached hydrogens (primary N) is 1. The Kier molecular flexibility index (Phi) is 6.86. The van der Waals surface area contributed by atoms with E-state index in [4.69, 9.17) is 10.2 Å². The molecule has 3 N–H and O–H groups in total. The van der Waals surface area contributed by atoms with Crippen LogP contribution in [0.1, 0.15) is 42.3 Å². The topological polar surface area (TPSA) is 138 Å². The van der Waals surface area contributed by atoms with E-state index in [0.717, 1.165) is 16.9 Å². The molecular formula is C26H24N6O3S2. The maximum absolute atomic E-state index is 13.1. The number of nitrogens with zero attached hydrogens (tertiary/aromatic N) is 4. The highest BCUT2D eigenvalue weighted by Gasteiger charge is 2.42. The Balaban J connectivity index is 1.42. The highest BCUT2D eigenvalue weighted by molar-refractivity contribution is 8.01. The van der Waals surface area contributed by atoms with E-state index in [1.807, 2.05) is 44.2 Å². The van der Waals surface area contributed by atoms with Gasteiger partial charge in [0.05, 0.1) is 23.3 Å². The Hall–Kier alpha value is -3.88. The number of hydrogen-bond donors (Lipinski definition) is 2. The predicted molar refractivity (Wildman–Crippen MR) is 142 cm³/mol. The first-order chi connectivity index (χ1) is 17.9. The lowest BCUT2D eigenvalue weighted by molar-refractivity contribution is -0.116. The zero-order valence-corrected chi connectivity index (χ0v) is 21.9. The molecule has 5 rings (SSSR count). The number of aryl methyl sites for hydroxylation is 2. The average Bonchev–Trinajstić information content (AvgIpc) is 3.52. The molecule has 0 bridgehead atoms. The Bertz CT molecular complexity index is 1500. The van der Waals surface area contributed by atoms with Crippen molar-refractivity contribution in [2.45, 2.75) is 43.4 Å². The van der Waals surface area contributed by atoms with Crippen molar-refractivity contribution in [3.63, 3.8) is 0 Å². The van der Waals surface area contributed by atoms with Crippen LogP contribution in [-0.2, 0) is 9.59 Å². The van der Waals surface area contributed by atoms with Gasteiger partial charge in [0.25, 0.3) is 0 Å². The third kappa shape index (κ3) is 4.77. The van der Waals surface area contributed by atoms with Gasteiger partial charge in [-0.15, -0.1) is 10.2 Å². The Morgan fingerprint density at radius 1 is 1.27 bits per heavy atom. The van der Waals surface area contributed by atoms with Crippen LogP contribution < -0.4 is 16.0 Å². The van der Waals surface area contributed by atoms with Gasteiger partial charge < -0.3 is 15.5 Å². The zero-order valence-electron chi connectivity index (χ0n) is 20.3. The van der Waals surface area contributed by atoms with Crippen molar-refractivity contribution in [3.8, 4) is 6.07 Å². The van der Waals surface area contributed by atoms with E-state index in [1.165, 1.54) is 23.1 Å². The summed E-state index contributed by atoms with van der Waals surface area (Å²) in [5.41, 5.74) is 9.78. The molecule has 1 aliphatic carbocycles. The second-order valence-corrected chi connectivity index (χ2v) is 10.9. The second kappa shape index (κ2) is 10.2. The van der Waals surface area contributed by atoms with Crippen LogP contribution >= 0.6 is 23.1 Å². The smallest absolute Gasteiger partial charge is 0.234 e. The molecule has 1 aromatic carbocycles. The number of carbonyl (C=O) groups is 2. The van der Waals surface area contributed by atoms with Crippen LogP contribution in [0.15, 0.2) is 67.8 Å². The molecule has 0 fully saturated rings. The van der Waals surface area contributed by atoms with Crippen LogP contribution in [0.3, 0.4) is 0 Å². The number of aromatic nitrogens is 2. The number of nitrogens with one attached hydrogen (secondary N) is 1. The molecule has 1 aliphatic heterocycles. The standard InChI is InChI=1S/C26H24N6O3S2/c1-14-6-3-4-7-17(14)29-21(34)13-36-26-31-30-25(37-26)32-18-8-5-9-19(33)23(18)22(16(12-27)24(32)28)20-11-10-15(2)35-20/h3-4,6-7,10-11,22H,5,8-9,13,28H2,1-2H3,(H,29,34). The molecule has 0 spiro atoms. The SMILES string of the molecule is Cc1ccc(C2C(C#N)=C(N)N(c3nnc(SCC(=O)Nc4ccccc4C)s3)C3=C2C(=O)CCC3)o1. The molecule has 11 heteroatoms. The van der Waals surface area contributed by atoms with Crippen LogP contribution in [0.25, 0.3) is 0 Å². The number of allylic oxidation sites excluding steroid dienone is 3. The number of nitriles is 1. The van der Waals surface area contributed by atoms with Crippen LogP contribution in [0.2, 0.25) is 0 Å². The van der Waals surface area contributed by atoms with E-state index in [-0.39, 0.29) is 28.8 Å². The van der Waals surface area contributed by atoms with Crippen LogP contribution in [0.4, 0.5) is 10.8 Å². The third-order valence-electron chi connectivity index (χ3n) is 6.29. The van der Waals surface area contributed by atoms with E-state index in [2.05, 4.69) is 21.6 Å². The van der Waals surface area contributed by atoms with Crippen LogP contribution in [0, 0.1) is 25.2 Å². The molecule has 0 saturated heterocycles. The van der Waals surface area contributed by atoms with Crippen molar-refractivity contribution < 1.29 is 14.0 Å². The maximum atomic E-state index is 13.1. The van der Waals surface area contributed by atoms with Gasteiger partial charge in [-0.25, -0.2) is 0 Å². The first-order valence-corrected chi connectivity index (χ1v) is 13.5. The number of hydrogen-bond acceptors (Lipinski definition) is 10. The molecule has 9 nitrogen and oxygen atoms in total. The van der Waals surface area contributed by atoms with Gasteiger partial charge in [-0.3, -0.25) is 14.5 Å². The van der Waals surface area contributed by atoms with Crippen molar-refractivity contribution in [2.75, 3.05) is 16.0 Å². The van der Waals surface area contributed by atoms with Crippen molar-refractivity contribution >= 4 is 45.6 Å². The van der Waals surface area contributed by atoms with Gasteiger partial charge in [-0.05, 0) is 50.5 Å². The minimum atomic E-state index is -0.648. The normalized spacial score (nSPS) is 17.6. The Labute approximate surface area is 222 Å². The lowest BCUT2D eigenvalue weighted by Gasteiger charge is -2.37. The number of thioether (sulfide) groups is 1. The largest absolute Gasteiger partial charge is 0.465 e. The number of carbonyl (C=O) groups excluding carboxylic acids is 2. The molecular weight excluding hydrogens is 508 g/mol. The quantitative estimate of drug-likeness (QED) is 0.429. The lowest BCUT2D eigenvalue weighted by Crippen LogP contribution is -2.38. The molecule has 0 saturated carbocycles. The summed E-state index contributed by atoms with van der Waals surface area (Å²) in [7, 11) is 0. The van der Waals surface area contributed by atoms with E-state index in [9.17, 15) is 14.9 Å². The summed E-state index contributed by atoms with van der Waals surface area (Å²) in [5, 5.41) is 21.9. The number of amides is 1. The average molecular weight is 533 g/mol. The summed E-state index contributed by atoms with van der Waals surface area (Å²) < 4.78 is 6.42. The van der Waals surface area contributed by atoms with Gasteiger partial charge in [-0.1, -0.05) is 41.3 Å². The van der Waals surface area contributed by atoms with Crippen LogP contribution in [-0.4, -0.2) is 27.6 Å². The number of Topliss-reactive ketones (excluding diaryl/α,β-unsaturated/α-hetero) is 1. The number of ketones is 1. The lowest BCUT2D eigenvalue weighted by atomic mass is 9.78. The molecule has 3 aromatic rings. The number of furan rings is 1. The summed E-state index contributed by atoms with van der Waals surface area (Å²) in [5.74, 6) is 0.745. The monoisotopic (exact) mass is 532 g/mol. The molecule has 37 heavy (non-hydrogen) atoms. The highest BCUT2D eigenvalue weighted by atomic mass is 32.2. The maximum Gasteiger partial charge on any atom is 0.234 e. The van der Waals surface area contributed by atoms with E-state index >= 15 is 0 Å². The zero-order chi connectivity index (χ0) is 26.1. The first-order valence-electron chi connectivity index (χ1n) is 11.7. The minimum Gasteiger partial charge on any atom is -0.465 e. The third-order valence-corrected chi connectivity index (χ3v) is 8.33. The fourth-order valence-electron chi connectivity index (χ4n) is 4.58. The molecule has 2 aliphatic rings. The first kappa shape index (κ1) is 24.8. The molecule has 1 amide bonds. The summed E-state index contributed by atoms with van der Waals surface area (Å²) in [6.45, 7) is 3.75. The fourth-order valence-corrected chi connectivity index (χ4v) is 6.26. The van der Waals surface area contributed by atoms with Gasteiger partial charge >= 0.3 is 0 Å². The second-order valence-electron chi connectivity index (χ2n) is 8.77. The summed E-state index contributed by atoms with van der Waals surface area (Å²) in [6, 6.07) is 13.4. The number of para-hydroxylation sites is 1. The van der Waals surface area contributed by atoms with Gasteiger partial charge in [0, 0.05) is 23.4 Å². The molecule has 1 unspecified atom stereocenters. The van der Waals surface area contributed by atoms with Crippen molar-refractivity contribution in [2.24, 2.45) is 5.73 Å². The van der Waals surface area contributed by atoms with Crippen molar-refractivity contribution in [1.29, 1.82) is 5.26 Å². The van der Waals surface area contributed by atoms with E-state index in [0.29, 0.717) is 45.8 Å². The molecule has 3 heterocycles. The minimum absolute atomic E-state index is 0.0301. The van der Waals surface area contributed by atoms with Crippen molar-refractivity contribution in [1.82, 2.24) is 10.2 Å². The molecule has 188 valence electrons.